The monoisotopic (exact) mass is 969 g/mol. The zero-order valence-electron chi connectivity index (χ0n) is 45.2. The first-order chi connectivity index (χ1) is 34.5. The van der Waals surface area contributed by atoms with Crippen LogP contribution in [0.3, 0.4) is 0 Å². The number of ether oxygens (including phenoxy) is 3. The Morgan fingerprint density at radius 2 is 0.529 bits per heavy atom. The highest BCUT2D eigenvalue weighted by Crippen LogP contribution is 2.12. The predicted molar refractivity (Wildman–Crippen MR) is 302 cm³/mol. The van der Waals surface area contributed by atoms with Gasteiger partial charge >= 0.3 is 17.9 Å². The van der Waals surface area contributed by atoms with Crippen molar-refractivity contribution in [3.05, 3.63) is 122 Å². The number of hydrogen-bond acceptors (Lipinski definition) is 6. The van der Waals surface area contributed by atoms with Gasteiger partial charge in [0, 0.05) is 19.3 Å². The maximum absolute atomic E-state index is 12.9. The van der Waals surface area contributed by atoms with Crippen molar-refractivity contribution >= 4 is 17.9 Å². The molecule has 0 radical (unpaired) electrons. The van der Waals surface area contributed by atoms with Gasteiger partial charge in [0.25, 0.3) is 0 Å². The average Bonchev–Trinajstić information content (AvgIpc) is 3.36. The van der Waals surface area contributed by atoms with Crippen LogP contribution in [-0.4, -0.2) is 37.2 Å². The van der Waals surface area contributed by atoms with Crippen LogP contribution in [0.2, 0.25) is 0 Å². The van der Waals surface area contributed by atoms with Crippen LogP contribution >= 0.6 is 0 Å². The molecule has 0 aromatic heterocycles. The van der Waals surface area contributed by atoms with E-state index in [2.05, 4.69) is 142 Å². The van der Waals surface area contributed by atoms with Crippen molar-refractivity contribution in [2.24, 2.45) is 0 Å². The summed E-state index contributed by atoms with van der Waals surface area (Å²) in [5.41, 5.74) is 0. The lowest BCUT2D eigenvalue weighted by Crippen LogP contribution is -2.30. The summed E-state index contributed by atoms with van der Waals surface area (Å²) in [5.74, 6) is -0.991. The summed E-state index contributed by atoms with van der Waals surface area (Å²) in [7, 11) is 0. The number of carbonyl (C=O) groups excluding carboxylic acids is 3. The number of rotatable bonds is 50. The molecule has 0 saturated heterocycles. The molecule has 0 aromatic carbocycles. The molecule has 70 heavy (non-hydrogen) atoms. The van der Waals surface area contributed by atoms with Gasteiger partial charge in [0.1, 0.15) is 13.2 Å². The van der Waals surface area contributed by atoms with E-state index in [9.17, 15) is 14.4 Å². The Hall–Kier alpha value is -4.19. The third-order valence-electron chi connectivity index (χ3n) is 11.7. The molecule has 0 rings (SSSR count). The molecule has 0 aliphatic rings. The molecule has 396 valence electrons. The lowest BCUT2D eigenvalue weighted by Gasteiger charge is -2.18. The minimum Gasteiger partial charge on any atom is -0.462 e. The second-order valence-corrected chi connectivity index (χ2v) is 18.5. The molecule has 0 saturated carbocycles. The number of carbonyl (C=O) groups is 3. The molecule has 0 unspecified atom stereocenters. The molecule has 6 heteroatoms. The van der Waals surface area contributed by atoms with Crippen molar-refractivity contribution < 1.29 is 28.6 Å². The normalized spacial score (nSPS) is 13.0. The second kappa shape index (κ2) is 57.4. The molecule has 0 fully saturated rings. The fraction of sp³-hybridized carbons (Fsp3) is 0.641. The lowest BCUT2D eigenvalue weighted by atomic mass is 10.1. The smallest absolute Gasteiger partial charge is 0.306 e. The summed E-state index contributed by atoms with van der Waals surface area (Å²) in [6, 6.07) is 0. The molecule has 0 spiro atoms. The summed E-state index contributed by atoms with van der Waals surface area (Å²) in [5, 5.41) is 0. The molecule has 0 N–H and O–H groups in total. The van der Waals surface area contributed by atoms with Crippen molar-refractivity contribution in [1.82, 2.24) is 0 Å². The van der Waals surface area contributed by atoms with Gasteiger partial charge in [0.2, 0.25) is 0 Å². The van der Waals surface area contributed by atoms with Gasteiger partial charge in [-0.3, -0.25) is 14.4 Å². The largest absolute Gasteiger partial charge is 0.462 e. The number of esters is 3. The molecule has 0 aromatic rings. The summed E-state index contributed by atoms with van der Waals surface area (Å²) in [6.45, 7) is 6.47. The molecular formula is C64H104O6. The first-order valence-corrected chi connectivity index (χ1v) is 28.5. The minimum atomic E-state index is -0.818. The highest BCUT2D eigenvalue weighted by Gasteiger charge is 2.19. The summed E-state index contributed by atoms with van der Waals surface area (Å²) >= 11 is 0. The Balaban J connectivity index is 4.55. The maximum atomic E-state index is 12.9. The minimum absolute atomic E-state index is 0.112. The van der Waals surface area contributed by atoms with Gasteiger partial charge in [0.05, 0.1) is 0 Å². The average molecular weight is 970 g/mol. The van der Waals surface area contributed by atoms with Crippen LogP contribution in [0.25, 0.3) is 0 Å². The van der Waals surface area contributed by atoms with Crippen molar-refractivity contribution in [3.63, 3.8) is 0 Å². The van der Waals surface area contributed by atoms with Crippen LogP contribution in [0.4, 0.5) is 0 Å². The highest BCUT2D eigenvalue weighted by atomic mass is 16.6. The lowest BCUT2D eigenvalue weighted by molar-refractivity contribution is -0.167. The molecule has 0 aliphatic carbocycles. The van der Waals surface area contributed by atoms with E-state index in [1.54, 1.807) is 0 Å². The van der Waals surface area contributed by atoms with Crippen molar-refractivity contribution in [2.75, 3.05) is 13.2 Å². The fourth-order valence-electron chi connectivity index (χ4n) is 7.31. The van der Waals surface area contributed by atoms with E-state index in [1.807, 2.05) is 0 Å². The SMILES string of the molecule is CCCC/C=C/C/C=C/CCCCCCCC(=O)OC[C@H](COC(=O)CCCCC/C=C/C/C=C/C/C=C/C/C=C/CCCCC)OC(=O)CCCCC/C=C/C/C=C/C/C=C/C/C=C/CCCCC. The zero-order valence-corrected chi connectivity index (χ0v) is 45.2. The topological polar surface area (TPSA) is 78.9 Å². The van der Waals surface area contributed by atoms with E-state index < -0.39 is 6.10 Å². The summed E-state index contributed by atoms with van der Waals surface area (Å²) < 4.78 is 16.8. The van der Waals surface area contributed by atoms with Crippen molar-refractivity contribution in [1.29, 1.82) is 0 Å². The van der Waals surface area contributed by atoms with Crippen molar-refractivity contribution in [2.45, 2.75) is 252 Å². The van der Waals surface area contributed by atoms with Crippen molar-refractivity contribution in [3.8, 4) is 0 Å². The van der Waals surface area contributed by atoms with Crippen LogP contribution in [-0.2, 0) is 28.6 Å². The number of allylic oxidation sites excluding steroid dienone is 20. The second-order valence-electron chi connectivity index (χ2n) is 18.5. The number of unbranched alkanes of at least 4 members (excludes halogenated alkanes) is 19. The van der Waals surface area contributed by atoms with Gasteiger partial charge < -0.3 is 14.2 Å². The van der Waals surface area contributed by atoms with E-state index in [0.717, 1.165) is 128 Å². The van der Waals surface area contributed by atoms with Crippen LogP contribution in [0.15, 0.2) is 122 Å². The van der Waals surface area contributed by atoms with Crippen LogP contribution in [0.1, 0.15) is 245 Å². The number of hydrogen-bond donors (Lipinski definition) is 0. The Morgan fingerprint density at radius 1 is 0.286 bits per heavy atom. The standard InChI is InChI=1S/C64H104O6/c1-4-7-10-13-16-19-22-25-28-30-32-34-36-39-42-45-48-51-54-57-63(66)69-60-61(59-68-62(65)56-53-50-47-44-41-38-27-24-21-18-15-12-9-6-3)70-64(67)58-55-52-49-46-43-40-37-35-33-31-29-26-23-20-17-14-11-8-5-2/h15-20,24-29,32-35,39-40,42-43,61H,4-14,21-23,30-31,36-38,41,44-60H2,1-3H3/b18-15+,19-16+,20-17+,27-24+,28-25+,29-26+,34-32+,35-33+,42-39+,43-40+/t61-/m1/s1. The summed E-state index contributed by atoms with van der Waals surface area (Å²) in [6.07, 6.45) is 78.9. The molecule has 0 aliphatic heterocycles. The first kappa shape index (κ1) is 65.8. The molecular weight excluding hydrogens is 865 g/mol. The van der Waals surface area contributed by atoms with Gasteiger partial charge in [-0.15, -0.1) is 0 Å². The third kappa shape index (κ3) is 54.7. The van der Waals surface area contributed by atoms with E-state index in [4.69, 9.17) is 14.2 Å². The molecule has 0 bridgehead atoms. The van der Waals surface area contributed by atoms with Crippen LogP contribution in [0, 0.1) is 0 Å². The Kier molecular flexibility index (Phi) is 54.0. The van der Waals surface area contributed by atoms with E-state index in [-0.39, 0.29) is 37.5 Å². The Labute approximate surface area is 431 Å². The highest BCUT2D eigenvalue weighted by molar-refractivity contribution is 5.71. The van der Waals surface area contributed by atoms with Gasteiger partial charge in [-0.05, 0) is 135 Å². The summed E-state index contributed by atoms with van der Waals surface area (Å²) in [4.78, 5) is 38.1. The molecule has 1 atom stereocenters. The van der Waals surface area contributed by atoms with Gasteiger partial charge in [-0.1, -0.05) is 213 Å². The zero-order chi connectivity index (χ0) is 50.7. The van der Waals surface area contributed by atoms with Gasteiger partial charge in [0.15, 0.2) is 6.10 Å². The Morgan fingerprint density at radius 3 is 0.857 bits per heavy atom. The van der Waals surface area contributed by atoms with E-state index in [1.165, 1.54) is 70.6 Å². The van der Waals surface area contributed by atoms with E-state index in [0.29, 0.717) is 19.3 Å². The third-order valence-corrected chi connectivity index (χ3v) is 11.7. The Bertz CT molecular complexity index is 1490. The van der Waals surface area contributed by atoms with Gasteiger partial charge in [-0.2, -0.15) is 0 Å². The quantitative estimate of drug-likeness (QED) is 0.0262. The molecule has 6 nitrogen and oxygen atoms in total. The molecule has 0 heterocycles. The van der Waals surface area contributed by atoms with E-state index >= 15 is 0 Å². The van der Waals surface area contributed by atoms with Crippen LogP contribution in [0.5, 0.6) is 0 Å². The first-order valence-electron chi connectivity index (χ1n) is 28.5. The predicted octanol–water partition coefficient (Wildman–Crippen LogP) is 19.3. The fourth-order valence-corrected chi connectivity index (χ4v) is 7.31. The van der Waals surface area contributed by atoms with Crippen LogP contribution < -0.4 is 0 Å². The maximum Gasteiger partial charge on any atom is 0.306 e. The molecule has 0 amide bonds. The van der Waals surface area contributed by atoms with Gasteiger partial charge in [-0.25, -0.2) is 0 Å².